The molecular formula is C98H87BN4. The second-order valence-corrected chi connectivity index (χ2v) is 33.8. The molecule has 0 spiro atoms. The van der Waals surface area contributed by atoms with Gasteiger partial charge in [0.1, 0.15) is 0 Å². The van der Waals surface area contributed by atoms with Crippen molar-refractivity contribution in [3.05, 3.63) is 307 Å². The maximum Gasteiger partial charge on any atom is 0.252 e. The molecule has 0 amide bonds. The summed E-state index contributed by atoms with van der Waals surface area (Å²) in [5, 5.41) is 4.93. The SMILES string of the molecule is CC(C)(C)c1ccccc1-c1ccc2c(c1)N(c1ccc(-c3ccc4c(c3)C(C)(C)CCC4(C)C)cc1)c1cc(-n3c4ccccc4c4cc(-c5ccccc5)ccc43)cc3c1B2c1ccc(-n2c4ccccc4c4ccccc42)cc1N3c1ccc(-c2ccc3c(c2)C(C)(C)CCC3(C)C)cc1. The highest BCUT2D eigenvalue weighted by atomic mass is 15.2. The third-order valence-corrected chi connectivity index (χ3v) is 24.6. The summed E-state index contributed by atoms with van der Waals surface area (Å²) in [5.41, 5.74) is 34.9. The van der Waals surface area contributed by atoms with Gasteiger partial charge in [-0.3, -0.25) is 0 Å². The minimum absolute atomic E-state index is 0.0805. The first-order valence-corrected chi connectivity index (χ1v) is 37.4. The molecule has 2 aliphatic carbocycles. The standard InChI is InChI=1S/C98H87BN4/c1-94(2,3)78-29-19-15-25-73(78)68-39-48-83-89(58-68)100(69-41-33-63(34-42-69)66-37-46-79-81(56-66)97(8,9)53-51-95(79,4)5)91-60-72(103-87-32-22-18-28-76(87)77-55-65(40-50-88(77)103)62-23-13-12-14-24-62)61-92-93(91)99(83)84-49-45-71(102-85-30-20-16-26-74(85)75-27-17-21-31-86(75)102)59-90(84)101(92)70-43-35-64(36-44-70)67-38-47-80-82(57-67)98(10,11)54-52-96(80,6)7/h12-50,55-61H,51-54H2,1-11H3. The molecule has 4 heterocycles. The number of para-hydroxylation sites is 3. The smallest absolute Gasteiger partial charge is 0.252 e. The summed E-state index contributed by atoms with van der Waals surface area (Å²) in [7, 11) is 0. The molecule has 0 atom stereocenters. The average Bonchev–Trinajstić information content (AvgIpc) is 1.52. The fourth-order valence-corrected chi connectivity index (χ4v) is 18.7. The van der Waals surface area contributed by atoms with E-state index in [2.05, 4.69) is 374 Å². The second-order valence-electron chi connectivity index (χ2n) is 33.8. The molecule has 15 aromatic rings. The molecule has 0 radical (unpaired) electrons. The van der Waals surface area contributed by atoms with Gasteiger partial charge in [0.25, 0.3) is 6.71 Å². The molecule has 0 N–H and O–H groups in total. The van der Waals surface area contributed by atoms with Crippen LogP contribution in [0.2, 0.25) is 0 Å². The van der Waals surface area contributed by atoms with Crippen LogP contribution in [-0.4, -0.2) is 15.8 Å². The van der Waals surface area contributed by atoms with Gasteiger partial charge in [0.15, 0.2) is 0 Å². The van der Waals surface area contributed by atoms with Gasteiger partial charge in [0.05, 0.1) is 27.8 Å². The number of hydrogen-bond acceptors (Lipinski definition) is 2. The van der Waals surface area contributed by atoms with Crippen molar-refractivity contribution < 1.29 is 0 Å². The summed E-state index contributed by atoms with van der Waals surface area (Å²) < 4.78 is 5.05. The van der Waals surface area contributed by atoms with Gasteiger partial charge in [-0.05, 0) is 226 Å². The predicted molar refractivity (Wildman–Crippen MR) is 440 cm³/mol. The lowest BCUT2D eigenvalue weighted by Gasteiger charge is -2.45. The Morgan fingerprint density at radius 3 is 1.19 bits per heavy atom. The van der Waals surface area contributed by atoms with Crippen molar-refractivity contribution >= 4 is 101 Å². The van der Waals surface area contributed by atoms with Crippen molar-refractivity contribution in [1.29, 1.82) is 0 Å². The summed E-state index contributed by atoms with van der Waals surface area (Å²) in [6.45, 7) is 26.3. The van der Waals surface area contributed by atoms with E-state index in [0.717, 1.165) is 50.8 Å². The Balaban J connectivity index is 0.897. The first-order valence-electron chi connectivity index (χ1n) is 37.4. The lowest BCUT2D eigenvalue weighted by molar-refractivity contribution is 0.332. The van der Waals surface area contributed by atoms with Crippen LogP contribution in [0.4, 0.5) is 34.1 Å². The molecule has 103 heavy (non-hydrogen) atoms. The summed E-state index contributed by atoms with van der Waals surface area (Å²) in [4.78, 5) is 5.27. The van der Waals surface area contributed by atoms with Crippen molar-refractivity contribution in [3.63, 3.8) is 0 Å². The Kier molecular flexibility index (Phi) is 14.0. The summed E-state index contributed by atoms with van der Waals surface area (Å²) >= 11 is 0. The Morgan fingerprint density at radius 1 is 0.282 bits per heavy atom. The maximum absolute atomic E-state index is 2.64. The molecule has 2 aromatic heterocycles. The Hall–Kier alpha value is -10.9. The molecule has 0 bridgehead atoms. The van der Waals surface area contributed by atoms with E-state index in [1.54, 1.807) is 0 Å². The summed E-state index contributed by atoms with van der Waals surface area (Å²) in [6, 6.07) is 108. The third-order valence-electron chi connectivity index (χ3n) is 24.6. The van der Waals surface area contributed by atoms with Crippen LogP contribution in [0, 0.1) is 0 Å². The highest BCUT2D eigenvalue weighted by molar-refractivity contribution is 7.00. The molecule has 19 rings (SSSR count). The maximum atomic E-state index is 2.64. The van der Waals surface area contributed by atoms with Gasteiger partial charge in [0.2, 0.25) is 0 Å². The van der Waals surface area contributed by atoms with E-state index in [1.807, 2.05) is 0 Å². The number of nitrogens with zero attached hydrogens (tertiary/aromatic N) is 4. The molecule has 4 nitrogen and oxygen atoms in total. The van der Waals surface area contributed by atoms with Crippen LogP contribution < -0.4 is 26.2 Å². The minimum Gasteiger partial charge on any atom is -0.311 e. The van der Waals surface area contributed by atoms with Crippen LogP contribution in [0.25, 0.3) is 99.5 Å². The first-order chi connectivity index (χ1) is 49.7. The van der Waals surface area contributed by atoms with Crippen LogP contribution in [-0.2, 0) is 27.1 Å². The van der Waals surface area contributed by atoms with Crippen molar-refractivity contribution in [2.24, 2.45) is 0 Å². The van der Waals surface area contributed by atoms with Gasteiger partial charge in [-0.1, -0.05) is 270 Å². The largest absolute Gasteiger partial charge is 0.311 e. The average molecular weight is 1330 g/mol. The lowest BCUT2D eigenvalue weighted by atomic mass is 9.33. The van der Waals surface area contributed by atoms with E-state index in [-0.39, 0.29) is 33.8 Å². The molecule has 4 aliphatic rings. The molecule has 0 saturated heterocycles. The van der Waals surface area contributed by atoms with Crippen LogP contribution in [0.5, 0.6) is 0 Å². The first kappa shape index (κ1) is 63.1. The molecule has 5 heteroatoms. The van der Waals surface area contributed by atoms with E-state index in [0.29, 0.717) is 0 Å². The van der Waals surface area contributed by atoms with E-state index in [1.165, 1.54) is 153 Å². The van der Waals surface area contributed by atoms with Crippen LogP contribution in [0.3, 0.4) is 0 Å². The van der Waals surface area contributed by atoms with Crippen LogP contribution >= 0.6 is 0 Å². The monoisotopic (exact) mass is 1330 g/mol. The van der Waals surface area contributed by atoms with Gasteiger partial charge in [-0.15, -0.1) is 0 Å². The molecular weight excluding hydrogens is 1240 g/mol. The number of benzene rings is 13. The summed E-state index contributed by atoms with van der Waals surface area (Å²) in [5.74, 6) is 0. The number of anilines is 6. The molecule has 2 aliphatic heterocycles. The number of hydrogen-bond donors (Lipinski definition) is 0. The van der Waals surface area contributed by atoms with Crippen molar-refractivity contribution in [2.75, 3.05) is 9.80 Å². The number of rotatable bonds is 8. The van der Waals surface area contributed by atoms with Gasteiger partial charge in [0, 0.05) is 61.4 Å². The normalized spacial score (nSPS) is 16.0. The topological polar surface area (TPSA) is 16.3 Å². The molecule has 0 saturated carbocycles. The van der Waals surface area contributed by atoms with E-state index in [4.69, 9.17) is 0 Å². The molecule has 502 valence electrons. The van der Waals surface area contributed by atoms with Gasteiger partial charge in [-0.2, -0.15) is 0 Å². The number of fused-ring (bicyclic) bond motifs is 12. The van der Waals surface area contributed by atoms with Gasteiger partial charge < -0.3 is 18.9 Å². The highest BCUT2D eigenvalue weighted by Gasteiger charge is 2.45. The zero-order valence-corrected chi connectivity index (χ0v) is 61.3. The molecule has 0 unspecified atom stereocenters. The molecule has 0 fully saturated rings. The Morgan fingerprint density at radius 2 is 0.660 bits per heavy atom. The minimum atomic E-state index is -0.160. The van der Waals surface area contributed by atoms with Gasteiger partial charge >= 0.3 is 0 Å². The third kappa shape index (κ3) is 9.92. The van der Waals surface area contributed by atoms with E-state index in [9.17, 15) is 0 Å². The summed E-state index contributed by atoms with van der Waals surface area (Å²) in [6.07, 6.45) is 4.71. The highest BCUT2D eigenvalue weighted by Crippen LogP contribution is 2.52. The van der Waals surface area contributed by atoms with Crippen LogP contribution in [0.1, 0.15) is 130 Å². The lowest BCUT2D eigenvalue weighted by Crippen LogP contribution is -2.61. The van der Waals surface area contributed by atoms with Gasteiger partial charge in [-0.25, -0.2) is 0 Å². The predicted octanol–water partition coefficient (Wildman–Crippen LogP) is 24.6. The number of aromatic nitrogens is 2. The second kappa shape index (κ2) is 22.8. The fourth-order valence-electron chi connectivity index (χ4n) is 18.7. The van der Waals surface area contributed by atoms with E-state index >= 15 is 0 Å². The zero-order valence-electron chi connectivity index (χ0n) is 61.3. The van der Waals surface area contributed by atoms with Crippen molar-refractivity contribution in [2.45, 2.75) is 129 Å². The zero-order chi connectivity index (χ0) is 70.2. The van der Waals surface area contributed by atoms with Crippen molar-refractivity contribution in [1.82, 2.24) is 9.13 Å². The van der Waals surface area contributed by atoms with Crippen molar-refractivity contribution in [3.8, 4) is 55.9 Å². The Labute approximate surface area is 607 Å². The Bertz CT molecular complexity index is 5930. The molecule has 13 aromatic carbocycles. The van der Waals surface area contributed by atoms with E-state index < -0.39 is 0 Å². The quantitative estimate of drug-likeness (QED) is 0.141. The van der Waals surface area contributed by atoms with Crippen LogP contribution in [0.15, 0.2) is 279 Å². The fraction of sp³-hybridized carbons (Fsp3) is 0.204.